The minimum Gasteiger partial charge on any atom is -0.466 e. The molecular formula is C9H13F3O5. The second kappa shape index (κ2) is 5.35. The molecule has 0 saturated carbocycles. The van der Waals surface area contributed by atoms with Gasteiger partial charge in [0.25, 0.3) is 0 Å². The van der Waals surface area contributed by atoms with Gasteiger partial charge < -0.3 is 14.6 Å². The lowest BCUT2D eigenvalue weighted by atomic mass is 10.0. The maximum Gasteiger partial charge on any atom is 0.439 e. The van der Waals surface area contributed by atoms with Gasteiger partial charge in [-0.1, -0.05) is 13.8 Å². The number of rotatable bonds is 4. The molecular weight excluding hydrogens is 245 g/mol. The van der Waals surface area contributed by atoms with Crippen LogP contribution in [0.15, 0.2) is 0 Å². The van der Waals surface area contributed by atoms with Crippen molar-refractivity contribution in [2.24, 2.45) is 5.92 Å². The Bertz CT molecular complexity index is 299. The van der Waals surface area contributed by atoms with Crippen molar-refractivity contribution in [1.82, 2.24) is 0 Å². The van der Waals surface area contributed by atoms with Crippen molar-refractivity contribution in [3.8, 4) is 0 Å². The fraction of sp³-hybridized carbons (Fsp3) is 0.778. The van der Waals surface area contributed by atoms with Crippen molar-refractivity contribution < 1.29 is 37.3 Å². The molecule has 0 aliphatic heterocycles. The molecule has 0 bridgehead atoms. The molecule has 1 atom stereocenters. The van der Waals surface area contributed by atoms with Crippen molar-refractivity contribution in [3.05, 3.63) is 0 Å². The number of halogens is 3. The van der Waals surface area contributed by atoms with Gasteiger partial charge in [-0.3, -0.25) is 0 Å². The fourth-order valence-electron chi connectivity index (χ4n) is 0.809. The Morgan fingerprint density at radius 1 is 1.24 bits per heavy atom. The SMILES string of the molecule is COC(=O)C(O)(C(=O)OCC(C)C)C(F)(F)F. The average Bonchev–Trinajstić information content (AvgIpc) is 2.21. The van der Waals surface area contributed by atoms with E-state index in [0.29, 0.717) is 7.11 Å². The average molecular weight is 258 g/mol. The smallest absolute Gasteiger partial charge is 0.439 e. The summed E-state index contributed by atoms with van der Waals surface area (Å²) < 4.78 is 45.4. The highest BCUT2D eigenvalue weighted by atomic mass is 19.4. The Kier molecular flexibility index (Phi) is 4.94. The predicted molar refractivity (Wildman–Crippen MR) is 48.8 cm³/mol. The molecule has 0 aromatic heterocycles. The minimum absolute atomic E-state index is 0.242. The third kappa shape index (κ3) is 3.32. The standard InChI is InChI=1S/C9H13F3O5/c1-5(2)4-17-7(14)8(15,6(13)16-3)9(10,11)12/h5,15H,4H2,1-3H3. The van der Waals surface area contributed by atoms with E-state index in [0.717, 1.165) is 0 Å². The van der Waals surface area contributed by atoms with Crippen LogP contribution < -0.4 is 0 Å². The number of carbonyl (C=O) groups is 2. The van der Waals surface area contributed by atoms with Crippen LogP contribution in [0.3, 0.4) is 0 Å². The molecule has 0 amide bonds. The summed E-state index contributed by atoms with van der Waals surface area (Å²) in [5, 5.41) is 9.12. The number of aliphatic hydroxyl groups is 1. The highest BCUT2D eigenvalue weighted by Crippen LogP contribution is 2.32. The van der Waals surface area contributed by atoms with E-state index >= 15 is 0 Å². The molecule has 0 heterocycles. The van der Waals surface area contributed by atoms with Crippen LogP contribution >= 0.6 is 0 Å². The van der Waals surface area contributed by atoms with Crippen LogP contribution in [0.4, 0.5) is 13.2 Å². The molecule has 0 radical (unpaired) electrons. The van der Waals surface area contributed by atoms with Crippen molar-refractivity contribution >= 4 is 11.9 Å². The molecule has 8 heteroatoms. The topological polar surface area (TPSA) is 72.8 Å². The summed E-state index contributed by atoms with van der Waals surface area (Å²) >= 11 is 0. The van der Waals surface area contributed by atoms with E-state index < -0.39 is 23.7 Å². The zero-order valence-corrected chi connectivity index (χ0v) is 9.50. The van der Waals surface area contributed by atoms with Crippen LogP contribution in [0, 0.1) is 5.92 Å². The number of ether oxygens (including phenoxy) is 2. The lowest BCUT2D eigenvalue weighted by molar-refractivity contribution is -0.263. The molecule has 17 heavy (non-hydrogen) atoms. The second-order valence-corrected chi connectivity index (χ2v) is 3.69. The van der Waals surface area contributed by atoms with Crippen LogP contribution in [0.25, 0.3) is 0 Å². The summed E-state index contributed by atoms with van der Waals surface area (Å²) in [6.07, 6.45) is -5.51. The Morgan fingerprint density at radius 2 is 1.71 bits per heavy atom. The van der Waals surface area contributed by atoms with Gasteiger partial charge >= 0.3 is 23.7 Å². The first-order valence-corrected chi connectivity index (χ1v) is 4.62. The predicted octanol–water partition coefficient (Wildman–Crippen LogP) is 0.652. The van der Waals surface area contributed by atoms with Gasteiger partial charge in [0, 0.05) is 0 Å². The van der Waals surface area contributed by atoms with Crippen molar-refractivity contribution in [2.75, 3.05) is 13.7 Å². The first-order chi connectivity index (χ1) is 7.57. The Hall–Kier alpha value is -1.31. The Morgan fingerprint density at radius 3 is 2.00 bits per heavy atom. The minimum atomic E-state index is -5.51. The number of alkyl halides is 3. The van der Waals surface area contributed by atoms with Crippen LogP contribution in [0.1, 0.15) is 13.8 Å². The molecule has 0 aromatic carbocycles. The van der Waals surface area contributed by atoms with Gasteiger partial charge in [-0.15, -0.1) is 0 Å². The maximum absolute atomic E-state index is 12.5. The molecule has 0 aliphatic rings. The Balaban J connectivity index is 5.08. The lowest BCUT2D eigenvalue weighted by Gasteiger charge is -2.25. The van der Waals surface area contributed by atoms with Crippen LogP contribution in [0.2, 0.25) is 0 Å². The number of esters is 2. The first kappa shape index (κ1) is 15.7. The molecule has 0 aromatic rings. The molecule has 0 saturated heterocycles. The lowest BCUT2D eigenvalue weighted by Crippen LogP contribution is -2.59. The second-order valence-electron chi connectivity index (χ2n) is 3.69. The van der Waals surface area contributed by atoms with Gasteiger partial charge in [0.05, 0.1) is 13.7 Å². The summed E-state index contributed by atoms with van der Waals surface area (Å²) in [6, 6.07) is 0. The Labute approximate surface area is 95.5 Å². The normalized spacial score (nSPS) is 15.3. The van der Waals surface area contributed by atoms with E-state index in [1.807, 2.05) is 0 Å². The maximum atomic E-state index is 12.5. The number of hydrogen-bond donors (Lipinski definition) is 1. The quantitative estimate of drug-likeness (QED) is 0.592. The number of methoxy groups -OCH3 is 1. The molecule has 1 unspecified atom stereocenters. The van der Waals surface area contributed by atoms with Crippen molar-refractivity contribution in [3.63, 3.8) is 0 Å². The summed E-state index contributed by atoms with van der Waals surface area (Å²) in [5.74, 6) is -4.46. The van der Waals surface area contributed by atoms with Gasteiger partial charge in [-0.2, -0.15) is 13.2 Å². The molecule has 0 fully saturated rings. The molecule has 0 rings (SSSR count). The van der Waals surface area contributed by atoms with Crippen molar-refractivity contribution in [2.45, 2.75) is 25.6 Å². The first-order valence-electron chi connectivity index (χ1n) is 4.62. The third-order valence-electron chi connectivity index (χ3n) is 1.73. The highest BCUT2D eigenvalue weighted by Gasteiger charge is 2.68. The molecule has 100 valence electrons. The van der Waals surface area contributed by atoms with Gasteiger partial charge in [-0.25, -0.2) is 9.59 Å². The molecule has 0 aliphatic carbocycles. The van der Waals surface area contributed by atoms with E-state index in [1.54, 1.807) is 13.8 Å². The van der Waals surface area contributed by atoms with Gasteiger partial charge in [-0.05, 0) is 5.92 Å². The third-order valence-corrected chi connectivity index (χ3v) is 1.73. The van der Waals surface area contributed by atoms with Gasteiger partial charge in [0.15, 0.2) is 0 Å². The summed E-state index contributed by atoms with van der Waals surface area (Å²) in [5.41, 5.74) is -4.28. The zero-order valence-electron chi connectivity index (χ0n) is 9.50. The molecule has 1 N–H and O–H groups in total. The summed E-state index contributed by atoms with van der Waals surface area (Å²) in [7, 11) is 0.620. The summed E-state index contributed by atoms with van der Waals surface area (Å²) in [6.45, 7) is 2.81. The summed E-state index contributed by atoms with van der Waals surface area (Å²) in [4.78, 5) is 22.0. The van der Waals surface area contributed by atoms with Crippen LogP contribution in [-0.4, -0.2) is 42.5 Å². The number of hydrogen-bond acceptors (Lipinski definition) is 5. The number of carbonyl (C=O) groups excluding carboxylic acids is 2. The van der Waals surface area contributed by atoms with E-state index in [9.17, 15) is 22.8 Å². The van der Waals surface area contributed by atoms with E-state index in [-0.39, 0.29) is 12.5 Å². The van der Waals surface area contributed by atoms with Crippen LogP contribution in [-0.2, 0) is 19.1 Å². The van der Waals surface area contributed by atoms with Crippen LogP contribution in [0.5, 0.6) is 0 Å². The van der Waals surface area contributed by atoms with E-state index in [2.05, 4.69) is 9.47 Å². The van der Waals surface area contributed by atoms with E-state index in [4.69, 9.17) is 5.11 Å². The van der Waals surface area contributed by atoms with Crippen molar-refractivity contribution in [1.29, 1.82) is 0 Å². The largest absolute Gasteiger partial charge is 0.466 e. The fourth-order valence-corrected chi connectivity index (χ4v) is 0.809. The highest BCUT2D eigenvalue weighted by molar-refractivity contribution is 6.04. The monoisotopic (exact) mass is 258 g/mol. The molecule has 0 spiro atoms. The van der Waals surface area contributed by atoms with Gasteiger partial charge in [0.1, 0.15) is 0 Å². The zero-order chi connectivity index (χ0) is 13.9. The van der Waals surface area contributed by atoms with Gasteiger partial charge in [0.2, 0.25) is 0 Å². The molecule has 5 nitrogen and oxygen atoms in total. The van der Waals surface area contributed by atoms with E-state index in [1.165, 1.54) is 0 Å².